The van der Waals surface area contributed by atoms with Crippen molar-refractivity contribution in [1.29, 1.82) is 0 Å². The molecule has 1 aliphatic heterocycles. The predicted molar refractivity (Wildman–Crippen MR) is 87.9 cm³/mol. The van der Waals surface area contributed by atoms with Crippen LogP contribution in [0.15, 0.2) is 24.3 Å². The van der Waals surface area contributed by atoms with Crippen LogP contribution in [0, 0.1) is 0 Å². The molecule has 1 fully saturated rings. The monoisotopic (exact) mass is 321 g/mol. The molecule has 0 aromatic heterocycles. The summed E-state index contributed by atoms with van der Waals surface area (Å²) in [4.78, 5) is 27.0. The lowest BCUT2D eigenvalue weighted by Gasteiger charge is -2.35. The minimum Gasteiger partial charge on any atom is -0.450 e. The lowest BCUT2D eigenvalue weighted by Crippen LogP contribution is -2.49. The summed E-state index contributed by atoms with van der Waals surface area (Å²) >= 11 is 0. The van der Waals surface area contributed by atoms with Gasteiger partial charge in [0.25, 0.3) is 0 Å². The van der Waals surface area contributed by atoms with Crippen molar-refractivity contribution in [1.82, 2.24) is 4.90 Å². The van der Waals surface area contributed by atoms with E-state index < -0.39 is 6.09 Å². The third-order valence-electron chi connectivity index (χ3n) is 3.56. The van der Waals surface area contributed by atoms with Crippen LogP contribution in [0.5, 0.6) is 0 Å². The molecule has 23 heavy (non-hydrogen) atoms. The maximum Gasteiger partial charge on any atom is 0.411 e. The first-order valence-electron chi connectivity index (χ1n) is 7.84. The topological polar surface area (TPSA) is 71.1 Å². The molecule has 126 valence electrons. The van der Waals surface area contributed by atoms with Gasteiger partial charge >= 0.3 is 12.2 Å². The van der Waals surface area contributed by atoms with Crippen molar-refractivity contribution >= 4 is 23.6 Å². The summed E-state index contributed by atoms with van der Waals surface area (Å²) in [7, 11) is 0. The smallest absolute Gasteiger partial charge is 0.411 e. The van der Waals surface area contributed by atoms with Gasteiger partial charge in [-0.3, -0.25) is 5.32 Å². The fraction of sp³-hybridized carbons (Fsp3) is 0.500. The molecular weight excluding hydrogens is 298 g/mol. The maximum atomic E-state index is 11.7. The quantitative estimate of drug-likeness (QED) is 0.923. The van der Waals surface area contributed by atoms with Gasteiger partial charge in [0.05, 0.1) is 13.2 Å². The van der Waals surface area contributed by atoms with E-state index in [-0.39, 0.29) is 6.09 Å². The highest BCUT2D eigenvalue weighted by atomic mass is 16.6. The Kier molecular flexibility index (Phi) is 6.08. The zero-order valence-electron chi connectivity index (χ0n) is 13.6. The van der Waals surface area contributed by atoms with E-state index >= 15 is 0 Å². The molecule has 0 saturated carbocycles. The van der Waals surface area contributed by atoms with Gasteiger partial charge in [-0.1, -0.05) is 0 Å². The summed E-state index contributed by atoms with van der Waals surface area (Å²) in [5.74, 6) is 0. The second kappa shape index (κ2) is 8.26. The molecule has 0 unspecified atom stereocenters. The van der Waals surface area contributed by atoms with E-state index in [1.165, 1.54) is 0 Å². The third kappa shape index (κ3) is 4.77. The number of hydrogen-bond acceptors (Lipinski definition) is 5. The lowest BCUT2D eigenvalue weighted by molar-refractivity contribution is 0.105. The highest BCUT2D eigenvalue weighted by Gasteiger charge is 2.21. The van der Waals surface area contributed by atoms with Crippen molar-refractivity contribution < 1.29 is 19.1 Å². The predicted octanol–water partition coefficient (Wildman–Crippen LogP) is 2.53. The molecule has 1 aromatic carbocycles. The molecular formula is C16H23N3O4. The van der Waals surface area contributed by atoms with Gasteiger partial charge in [-0.15, -0.1) is 0 Å². The van der Waals surface area contributed by atoms with Crippen molar-refractivity contribution in [2.45, 2.75) is 13.8 Å². The van der Waals surface area contributed by atoms with Crippen molar-refractivity contribution in [2.24, 2.45) is 0 Å². The number of piperazine rings is 1. The van der Waals surface area contributed by atoms with Crippen LogP contribution in [0.4, 0.5) is 21.0 Å². The lowest BCUT2D eigenvalue weighted by atomic mass is 10.2. The van der Waals surface area contributed by atoms with Crippen LogP contribution < -0.4 is 10.2 Å². The summed E-state index contributed by atoms with van der Waals surface area (Å²) in [6.45, 7) is 7.09. The molecule has 0 spiro atoms. The van der Waals surface area contributed by atoms with Crippen LogP contribution in [-0.4, -0.2) is 56.5 Å². The summed E-state index contributed by atoms with van der Waals surface area (Å²) in [5, 5.41) is 2.66. The summed E-state index contributed by atoms with van der Waals surface area (Å²) in [6.07, 6.45) is -0.704. The van der Waals surface area contributed by atoms with Crippen molar-refractivity contribution in [3.05, 3.63) is 24.3 Å². The zero-order valence-corrected chi connectivity index (χ0v) is 13.6. The molecule has 1 saturated heterocycles. The average Bonchev–Trinajstić information content (AvgIpc) is 2.56. The number of nitrogens with one attached hydrogen (secondary N) is 1. The number of carbonyl (C=O) groups is 2. The SMILES string of the molecule is CCOC(=O)Nc1ccc(N2CCN(C(=O)OCC)CC2)cc1. The molecule has 1 N–H and O–H groups in total. The van der Waals surface area contributed by atoms with Crippen LogP contribution >= 0.6 is 0 Å². The number of anilines is 2. The van der Waals surface area contributed by atoms with E-state index in [1.54, 1.807) is 18.7 Å². The van der Waals surface area contributed by atoms with Gasteiger partial charge in [-0.05, 0) is 38.1 Å². The highest BCUT2D eigenvalue weighted by molar-refractivity contribution is 5.84. The fourth-order valence-electron chi connectivity index (χ4n) is 2.40. The van der Waals surface area contributed by atoms with Gasteiger partial charge in [0.15, 0.2) is 0 Å². The standard InChI is InChI=1S/C16H23N3O4/c1-3-22-15(20)17-13-5-7-14(8-6-13)18-9-11-19(12-10-18)16(21)23-4-2/h5-8H,3-4,9-12H2,1-2H3,(H,17,20). The van der Waals surface area contributed by atoms with E-state index in [0.29, 0.717) is 32.0 Å². The third-order valence-corrected chi connectivity index (χ3v) is 3.56. The molecule has 0 radical (unpaired) electrons. The van der Waals surface area contributed by atoms with Gasteiger partial charge in [0.1, 0.15) is 0 Å². The molecule has 0 bridgehead atoms. The molecule has 0 aliphatic carbocycles. The van der Waals surface area contributed by atoms with Gasteiger partial charge in [0.2, 0.25) is 0 Å². The largest absolute Gasteiger partial charge is 0.450 e. The molecule has 2 rings (SSSR count). The van der Waals surface area contributed by atoms with E-state index in [1.807, 2.05) is 24.3 Å². The Bertz CT molecular complexity index is 525. The van der Waals surface area contributed by atoms with Gasteiger partial charge in [0, 0.05) is 37.6 Å². The molecule has 7 nitrogen and oxygen atoms in total. The Morgan fingerprint density at radius 3 is 2.17 bits per heavy atom. The van der Waals surface area contributed by atoms with Crippen LogP contribution in [0.1, 0.15) is 13.8 Å². The number of amides is 2. The summed E-state index contributed by atoms with van der Waals surface area (Å²) in [6, 6.07) is 7.57. The van der Waals surface area contributed by atoms with E-state index in [4.69, 9.17) is 9.47 Å². The Hall–Kier alpha value is -2.44. The second-order valence-electron chi connectivity index (χ2n) is 5.07. The number of carbonyl (C=O) groups excluding carboxylic acids is 2. The van der Waals surface area contributed by atoms with Crippen LogP contribution in [-0.2, 0) is 9.47 Å². The van der Waals surface area contributed by atoms with Crippen molar-refractivity contribution in [2.75, 3.05) is 49.6 Å². The molecule has 1 aromatic rings. The Labute approximate surface area is 136 Å². The van der Waals surface area contributed by atoms with Crippen molar-refractivity contribution in [3.8, 4) is 0 Å². The first-order valence-corrected chi connectivity index (χ1v) is 7.84. The van der Waals surface area contributed by atoms with Crippen LogP contribution in [0.25, 0.3) is 0 Å². The second-order valence-corrected chi connectivity index (χ2v) is 5.07. The highest BCUT2D eigenvalue weighted by Crippen LogP contribution is 2.20. The number of rotatable bonds is 4. The number of nitrogens with zero attached hydrogens (tertiary/aromatic N) is 2. The maximum absolute atomic E-state index is 11.7. The van der Waals surface area contributed by atoms with E-state index in [2.05, 4.69) is 10.2 Å². The van der Waals surface area contributed by atoms with Gasteiger partial charge < -0.3 is 19.3 Å². The average molecular weight is 321 g/mol. The first-order chi connectivity index (χ1) is 11.1. The van der Waals surface area contributed by atoms with Crippen LogP contribution in [0.3, 0.4) is 0 Å². The fourth-order valence-corrected chi connectivity index (χ4v) is 2.40. The minimum atomic E-state index is -0.455. The zero-order chi connectivity index (χ0) is 16.7. The van der Waals surface area contributed by atoms with Gasteiger partial charge in [-0.2, -0.15) is 0 Å². The molecule has 0 atom stereocenters. The summed E-state index contributed by atoms with van der Waals surface area (Å²) < 4.78 is 9.85. The number of benzene rings is 1. The Morgan fingerprint density at radius 2 is 1.61 bits per heavy atom. The first kappa shape index (κ1) is 16.9. The van der Waals surface area contributed by atoms with Crippen molar-refractivity contribution in [3.63, 3.8) is 0 Å². The number of ether oxygens (including phenoxy) is 2. The summed E-state index contributed by atoms with van der Waals surface area (Å²) in [5.41, 5.74) is 1.75. The van der Waals surface area contributed by atoms with Gasteiger partial charge in [-0.25, -0.2) is 9.59 Å². The van der Waals surface area contributed by atoms with Crippen LogP contribution in [0.2, 0.25) is 0 Å². The Balaban J connectivity index is 1.86. The molecule has 1 aliphatic rings. The number of hydrogen-bond donors (Lipinski definition) is 1. The molecule has 7 heteroatoms. The Morgan fingerprint density at radius 1 is 1.00 bits per heavy atom. The van der Waals surface area contributed by atoms with E-state index in [0.717, 1.165) is 18.8 Å². The normalized spacial score (nSPS) is 14.3. The molecule has 2 amide bonds. The minimum absolute atomic E-state index is 0.249. The van der Waals surface area contributed by atoms with E-state index in [9.17, 15) is 9.59 Å². The molecule has 1 heterocycles.